The molecule has 0 aromatic rings. The number of carbonyl (C=O) groups is 2. The zero-order chi connectivity index (χ0) is 13.1. The molecule has 0 radical (unpaired) electrons. The maximum absolute atomic E-state index is 10.8. The van der Waals surface area contributed by atoms with E-state index in [4.69, 9.17) is 9.84 Å². The van der Waals surface area contributed by atoms with E-state index in [0.717, 1.165) is 12.8 Å². The van der Waals surface area contributed by atoms with Crippen LogP contribution >= 0.6 is 0 Å². The van der Waals surface area contributed by atoms with Gasteiger partial charge in [0.15, 0.2) is 0 Å². The van der Waals surface area contributed by atoms with Crippen LogP contribution in [0.5, 0.6) is 0 Å². The van der Waals surface area contributed by atoms with Crippen LogP contribution in [0.4, 0.5) is 0 Å². The first-order chi connectivity index (χ1) is 7.40. The third-order valence-corrected chi connectivity index (χ3v) is 2.34. The van der Waals surface area contributed by atoms with Crippen LogP contribution in [-0.2, 0) is 14.3 Å². The van der Waals surface area contributed by atoms with E-state index in [1.807, 2.05) is 27.7 Å². The van der Waals surface area contributed by atoms with Crippen molar-refractivity contribution in [3.63, 3.8) is 0 Å². The van der Waals surface area contributed by atoms with Gasteiger partial charge in [-0.05, 0) is 19.8 Å². The minimum atomic E-state index is -0.706. The second kappa shape index (κ2) is 10.5. The van der Waals surface area contributed by atoms with Crippen molar-refractivity contribution in [2.45, 2.75) is 47.5 Å². The van der Waals surface area contributed by atoms with Gasteiger partial charge in [-0.15, -0.1) is 0 Å². The average molecular weight is 232 g/mol. The Morgan fingerprint density at radius 2 is 1.50 bits per heavy atom. The summed E-state index contributed by atoms with van der Waals surface area (Å²) in [5, 5.41) is 8.18. The smallest absolute Gasteiger partial charge is 0.308 e. The molecule has 0 aromatic heterocycles. The summed E-state index contributed by atoms with van der Waals surface area (Å²) < 4.78 is 4.76. The predicted molar refractivity (Wildman–Crippen MR) is 63.2 cm³/mol. The molecule has 0 amide bonds. The second-order valence-electron chi connectivity index (χ2n) is 3.71. The number of hydrogen-bond acceptors (Lipinski definition) is 3. The van der Waals surface area contributed by atoms with Gasteiger partial charge >= 0.3 is 11.9 Å². The van der Waals surface area contributed by atoms with E-state index in [1.165, 1.54) is 0 Å². The first-order valence-electron chi connectivity index (χ1n) is 5.79. The summed E-state index contributed by atoms with van der Waals surface area (Å²) in [6.07, 6.45) is 1.58. The topological polar surface area (TPSA) is 63.6 Å². The van der Waals surface area contributed by atoms with Crippen LogP contribution in [0.25, 0.3) is 0 Å². The molecule has 0 aliphatic heterocycles. The minimum absolute atomic E-state index is 0.0601. The highest BCUT2D eigenvalue weighted by Crippen LogP contribution is 2.02. The number of rotatable bonds is 5. The van der Waals surface area contributed by atoms with Crippen molar-refractivity contribution in [3.05, 3.63) is 0 Å². The van der Waals surface area contributed by atoms with Crippen molar-refractivity contribution in [3.8, 4) is 0 Å². The SMILES string of the molecule is CCC(C)C(=O)O.CCOC(=O)C(C)CC. The third-order valence-electron chi connectivity index (χ3n) is 2.34. The first kappa shape index (κ1) is 17.3. The van der Waals surface area contributed by atoms with Gasteiger partial charge in [0.1, 0.15) is 0 Å². The number of ether oxygens (including phenoxy) is 1. The molecule has 16 heavy (non-hydrogen) atoms. The number of carbonyl (C=O) groups excluding carboxylic acids is 1. The van der Waals surface area contributed by atoms with Crippen LogP contribution in [0.2, 0.25) is 0 Å². The molecule has 0 aromatic carbocycles. The molecule has 4 heteroatoms. The Hall–Kier alpha value is -1.06. The van der Waals surface area contributed by atoms with Gasteiger partial charge in [0, 0.05) is 0 Å². The van der Waals surface area contributed by atoms with Crippen molar-refractivity contribution < 1.29 is 19.4 Å². The fourth-order valence-corrected chi connectivity index (χ4v) is 0.626. The molecule has 2 atom stereocenters. The molecule has 2 unspecified atom stereocenters. The first-order valence-corrected chi connectivity index (χ1v) is 5.79. The molecule has 0 heterocycles. The molecular weight excluding hydrogens is 208 g/mol. The van der Waals surface area contributed by atoms with E-state index in [0.29, 0.717) is 6.61 Å². The summed E-state index contributed by atoms with van der Waals surface area (Å²) in [4.78, 5) is 20.7. The molecule has 1 N–H and O–H groups in total. The Morgan fingerprint density at radius 1 is 1.06 bits per heavy atom. The zero-order valence-electron chi connectivity index (χ0n) is 10.9. The highest BCUT2D eigenvalue weighted by molar-refractivity contribution is 5.71. The van der Waals surface area contributed by atoms with Gasteiger partial charge in [-0.3, -0.25) is 9.59 Å². The van der Waals surface area contributed by atoms with E-state index in [2.05, 4.69) is 0 Å². The summed E-state index contributed by atoms with van der Waals surface area (Å²) >= 11 is 0. The fourth-order valence-electron chi connectivity index (χ4n) is 0.626. The third kappa shape index (κ3) is 9.49. The van der Waals surface area contributed by atoms with Gasteiger partial charge in [-0.1, -0.05) is 27.7 Å². The van der Waals surface area contributed by atoms with Crippen molar-refractivity contribution in [1.29, 1.82) is 0 Å². The molecule has 0 saturated heterocycles. The standard InChI is InChI=1S/C7H14O2.C5H10O2/c1-4-6(3)7(8)9-5-2;1-3-4(2)5(6)7/h6H,4-5H2,1-3H3;4H,3H2,1-2H3,(H,6,7). The molecule has 96 valence electrons. The molecule has 0 saturated carbocycles. The van der Waals surface area contributed by atoms with E-state index >= 15 is 0 Å². The largest absolute Gasteiger partial charge is 0.481 e. The number of esters is 1. The average Bonchev–Trinajstić information content (AvgIpc) is 2.27. The van der Waals surface area contributed by atoms with Gasteiger partial charge < -0.3 is 9.84 Å². The van der Waals surface area contributed by atoms with Gasteiger partial charge in [0.2, 0.25) is 0 Å². The van der Waals surface area contributed by atoms with Gasteiger partial charge in [0.05, 0.1) is 18.4 Å². The number of aliphatic carboxylic acids is 1. The molecule has 0 fully saturated rings. The second-order valence-corrected chi connectivity index (χ2v) is 3.71. The number of hydrogen-bond donors (Lipinski definition) is 1. The monoisotopic (exact) mass is 232 g/mol. The van der Waals surface area contributed by atoms with Crippen molar-refractivity contribution in [1.82, 2.24) is 0 Å². The van der Waals surface area contributed by atoms with Gasteiger partial charge in [-0.25, -0.2) is 0 Å². The van der Waals surface area contributed by atoms with Crippen LogP contribution < -0.4 is 0 Å². The van der Waals surface area contributed by atoms with Crippen LogP contribution in [-0.4, -0.2) is 23.7 Å². The van der Waals surface area contributed by atoms with E-state index in [9.17, 15) is 9.59 Å². The highest BCUT2D eigenvalue weighted by atomic mass is 16.5. The normalized spacial score (nSPS) is 13.1. The summed E-state index contributed by atoms with van der Waals surface area (Å²) in [6.45, 7) is 9.71. The molecule has 0 bridgehead atoms. The predicted octanol–water partition coefficient (Wildman–Crippen LogP) is 2.71. The van der Waals surface area contributed by atoms with Crippen molar-refractivity contribution in [2.24, 2.45) is 11.8 Å². The Kier molecular flexibility index (Phi) is 11.3. The Labute approximate surface area is 98.0 Å². The van der Waals surface area contributed by atoms with Crippen LogP contribution in [0, 0.1) is 11.8 Å². The summed E-state index contributed by atoms with van der Waals surface area (Å²) in [5.41, 5.74) is 0. The van der Waals surface area contributed by atoms with E-state index in [1.54, 1.807) is 6.92 Å². The lowest BCUT2D eigenvalue weighted by molar-refractivity contribution is -0.147. The lowest BCUT2D eigenvalue weighted by Crippen LogP contribution is -2.13. The summed E-state index contributed by atoms with van der Waals surface area (Å²) in [7, 11) is 0. The van der Waals surface area contributed by atoms with Crippen molar-refractivity contribution >= 4 is 11.9 Å². The Balaban J connectivity index is 0. The maximum Gasteiger partial charge on any atom is 0.308 e. The molecule has 0 aliphatic carbocycles. The van der Waals surface area contributed by atoms with E-state index < -0.39 is 5.97 Å². The Morgan fingerprint density at radius 3 is 1.69 bits per heavy atom. The van der Waals surface area contributed by atoms with Crippen LogP contribution in [0.15, 0.2) is 0 Å². The molecule has 0 spiro atoms. The number of carboxylic acid groups (broad SMARTS) is 1. The molecular formula is C12H24O4. The Bertz CT molecular complexity index is 201. The minimum Gasteiger partial charge on any atom is -0.481 e. The fraction of sp³-hybridized carbons (Fsp3) is 0.833. The maximum atomic E-state index is 10.8. The zero-order valence-corrected chi connectivity index (χ0v) is 10.9. The molecule has 0 aliphatic rings. The lowest BCUT2D eigenvalue weighted by Gasteiger charge is -2.05. The van der Waals surface area contributed by atoms with E-state index in [-0.39, 0.29) is 17.8 Å². The highest BCUT2D eigenvalue weighted by Gasteiger charge is 2.09. The van der Waals surface area contributed by atoms with Gasteiger partial charge in [-0.2, -0.15) is 0 Å². The quantitative estimate of drug-likeness (QED) is 0.740. The summed E-state index contributed by atoms with van der Waals surface area (Å²) in [6, 6.07) is 0. The molecule has 4 nitrogen and oxygen atoms in total. The van der Waals surface area contributed by atoms with Crippen molar-refractivity contribution in [2.75, 3.05) is 6.61 Å². The molecule has 0 rings (SSSR count). The van der Waals surface area contributed by atoms with Crippen LogP contribution in [0.3, 0.4) is 0 Å². The van der Waals surface area contributed by atoms with Crippen LogP contribution in [0.1, 0.15) is 47.5 Å². The van der Waals surface area contributed by atoms with Gasteiger partial charge in [0.25, 0.3) is 0 Å². The number of carboxylic acids is 1. The summed E-state index contributed by atoms with van der Waals surface area (Å²) in [5.74, 6) is -0.910. The lowest BCUT2D eigenvalue weighted by atomic mass is 10.1.